The lowest BCUT2D eigenvalue weighted by Crippen LogP contribution is -2.18. The van der Waals surface area contributed by atoms with E-state index in [1.165, 1.54) is 11.1 Å². The van der Waals surface area contributed by atoms with Crippen LogP contribution >= 0.6 is 0 Å². The van der Waals surface area contributed by atoms with Gasteiger partial charge < -0.3 is 4.74 Å². The Labute approximate surface area is 171 Å². The van der Waals surface area contributed by atoms with Crippen molar-refractivity contribution in [2.45, 2.75) is 38.2 Å². The molecule has 0 fully saturated rings. The zero-order valence-electron chi connectivity index (χ0n) is 16.4. The van der Waals surface area contributed by atoms with E-state index in [1.807, 2.05) is 55.2 Å². The van der Waals surface area contributed by atoms with E-state index in [0.717, 1.165) is 48.8 Å². The fourth-order valence-corrected chi connectivity index (χ4v) is 3.54. The summed E-state index contributed by atoms with van der Waals surface area (Å²) < 4.78 is 6.42. The Bertz CT molecular complexity index is 1020. The summed E-state index contributed by atoms with van der Waals surface area (Å²) in [6.45, 7) is 0. The molecule has 4 aromatic rings. The lowest BCUT2D eigenvalue weighted by atomic mass is 10.0. The molecule has 0 bridgehead atoms. The van der Waals surface area contributed by atoms with Gasteiger partial charge in [-0.1, -0.05) is 12.1 Å². The van der Waals surface area contributed by atoms with Crippen LogP contribution in [0.1, 0.15) is 30.4 Å². The second-order valence-corrected chi connectivity index (χ2v) is 7.25. The summed E-state index contributed by atoms with van der Waals surface area (Å²) >= 11 is 0. The summed E-state index contributed by atoms with van der Waals surface area (Å²) in [7, 11) is 0. The van der Waals surface area contributed by atoms with E-state index < -0.39 is 0 Å². The summed E-state index contributed by atoms with van der Waals surface area (Å²) in [5.41, 5.74) is 3.56. The normalized spacial score (nSPS) is 12.0. The van der Waals surface area contributed by atoms with Crippen molar-refractivity contribution in [1.82, 2.24) is 15.0 Å². The van der Waals surface area contributed by atoms with Gasteiger partial charge in [0.1, 0.15) is 5.75 Å². The Morgan fingerprint density at radius 3 is 2.52 bits per heavy atom. The Morgan fingerprint density at radius 2 is 1.66 bits per heavy atom. The first-order valence-electron chi connectivity index (χ1n) is 10.2. The first-order chi connectivity index (χ1) is 14.4. The van der Waals surface area contributed by atoms with Gasteiger partial charge in [0.05, 0.1) is 11.6 Å². The predicted octanol–water partition coefficient (Wildman–Crippen LogP) is 5.43. The minimum Gasteiger partial charge on any atom is -0.490 e. The smallest absolute Gasteiger partial charge is 0.120 e. The number of nitrogens with zero attached hydrogens (tertiary/aromatic N) is 3. The molecule has 3 heterocycles. The lowest BCUT2D eigenvalue weighted by molar-refractivity contribution is 0.178. The monoisotopic (exact) mass is 383 g/mol. The van der Waals surface area contributed by atoms with Gasteiger partial charge in [-0.25, -0.2) is 0 Å². The highest BCUT2D eigenvalue weighted by Gasteiger charge is 2.12. The number of aryl methyl sites for hydroxylation is 2. The van der Waals surface area contributed by atoms with Crippen molar-refractivity contribution in [1.29, 1.82) is 0 Å². The van der Waals surface area contributed by atoms with Crippen molar-refractivity contribution < 1.29 is 4.74 Å². The molecule has 4 heteroatoms. The van der Waals surface area contributed by atoms with E-state index in [0.29, 0.717) is 0 Å². The van der Waals surface area contributed by atoms with Crippen LogP contribution in [0.2, 0.25) is 0 Å². The maximum absolute atomic E-state index is 6.42. The SMILES string of the molecule is c1cncc(CCC(CCCc2ccncc2)Oc2ccc3ncccc3c2)c1. The topological polar surface area (TPSA) is 47.9 Å². The molecule has 0 saturated heterocycles. The molecule has 0 spiro atoms. The van der Waals surface area contributed by atoms with Gasteiger partial charge in [-0.15, -0.1) is 0 Å². The van der Waals surface area contributed by atoms with Crippen molar-refractivity contribution in [2.24, 2.45) is 0 Å². The number of ether oxygens (including phenoxy) is 1. The first kappa shape index (κ1) is 19.1. The number of rotatable bonds is 9. The maximum Gasteiger partial charge on any atom is 0.120 e. The zero-order chi connectivity index (χ0) is 19.7. The van der Waals surface area contributed by atoms with Gasteiger partial charge in [0, 0.05) is 36.4 Å². The highest BCUT2D eigenvalue weighted by Crippen LogP contribution is 2.23. The van der Waals surface area contributed by atoms with E-state index in [4.69, 9.17) is 4.74 Å². The molecule has 0 aliphatic heterocycles. The van der Waals surface area contributed by atoms with Crippen molar-refractivity contribution in [3.8, 4) is 5.75 Å². The highest BCUT2D eigenvalue weighted by atomic mass is 16.5. The van der Waals surface area contributed by atoms with Gasteiger partial charge in [-0.05, 0) is 85.7 Å². The average Bonchev–Trinajstić information content (AvgIpc) is 2.79. The number of hydrogen-bond donors (Lipinski definition) is 0. The molecule has 1 aromatic carbocycles. The third-order valence-electron chi connectivity index (χ3n) is 5.10. The van der Waals surface area contributed by atoms with Crippen LogP contribution in [0.5, 0.6) is 5.75 Å². The molecule has 3 aromatic heterocycles. The number of fused-ring (bicyclic) bond motifs is 1. The molecule has 0 amide bonds. The van der Waals surface area contributed by atoms with Gasteiger partial charge in [0.15, 0.2) is 0 Å². The van der Waals surface area contributed by atoms with Crippen LogP contribution in [-0.4, -0.2) is 21.1 Å². The second-order valence-electron chi connectivity index (χ2n) is 7.25. The van der Waals surface area contributed by atoms with E-state index >= 15 is 0 Å². The Kier molecular flexibility index (Phi) is 6.43. The summed E-state index contributed by atoms with van der Waals surface area (Å²) in [6.07, 6.45) is 14.5. The fourth-order valence-electron chi connectivity index (χ4n) is 3.54. The van der Waals surface area contributed by atoms with Crippen LogP contribution in [0, 0.1) is 0 Å². The van der Waals surface area contributed by atoms with E-state index in [2.05, 4.69) is 45.3 Å². The molecule has 146 valence electrons. The summed E-state index contributed by atoms with van der Waals surface area (Å²) in [5, 5.41) is 1.10. The first-order valence-corrected chi connectivity index (χ1v) is 10.2. The molecule has 0 aliphatic rings. The molecule has 4 nitrogen and oxygen atoms in total. The van der Waals surface area contributed by atoms with Crippen LogP contribution in [0.25, 0.3) is 10.9 Å². The summed E-state index contributed by atoms with van der Waals surface area (Å²) in [5.74, 6) is 0.908. The number of pyridine rings is 3. The van der Waals surface area contributed by atoms with Gasteiger partial charge in [-0.3, -0.25) is 15.0 Å². The Hall–Kier alpha value is -3.27. The van der Waals surface area contributed by atoms with Gasteiger partial charge in [-0.2, -0.15) is 0 Å². The number of benzene rings is 1. The molecule has 1 unspecified atom stereocenters. The molecule has 4 rings (SSSR count). The lowest BCUT2D eigenvalue weighted by Gasteiger charge is -2.20. The quantitative estimate of drug-likeness (QED) is 0.387. The molecule has 1 atom stereocenters. The van der Waals surface area contributed by atoms with Crippen LogP contribution < -0.4 is 4.74 Å². The molecule has 0 aliphatic carbocycles. The zero-order valence-corrected chi connectivity index (χ0v) is 16.4. The minimum atomic E-state index is 0.158. The van der Waals surface area contributed by atoms with Gasteiger partial charge in [0.25, 0.3) is 0 Å². The molecule has 29 heavy (non-hydrogen) atoms. The summed E-state index contributed by atoms with van der Waals surface area (Å²) in [4.78, 5) is 12.7. The second kappa shape index (κ2) is 9.78. The van der Waals surface area contributed by atoms with E-state index in [9.17, 15) is 0 Å². The molecule has 0 saturated carbocycles. The van der Waals surface area contributed by atoms with E-state index in [1.54, 1.807) is 0 Å². The average molecular weight is 383 g/mol. The molecular weight excluding hydrogens is 358 g/mol. The van der Waals surface area contributed by atoms with Crippen LogP contribution in [0.4, 0.5) is 0 Å². The maximum atomic E-state index is 6.42. The number of aromatic nitrogens is 3. The third kappa shape index (κ3) is 5.61. The van der Waals surface area contributed by atoms with Crippen LogP contribution in [0.3, 0.4) is 0 Å². The van der Waals surface area contributed by atoms with Gasteiger partial charge in [0.2, 0.25) is 0 Å². The predicted molar refractivity (Wildman–Crippen MR) is 116 cm³/mol. The van der Waals surface area contributed by atoms with Crippen molar-refractivity contribution in [2.75, 3.05) is 0 Å². The molecule has 0 N–H and O–H groups in total. The third-order valence-corrected chi connectivity index (χ3v) is 5.10. The summed E-state index contributed by atoms with van der Waals surface area (Å²) in [6, 6.07) is 18.5. The number of hydrogen-bond acceptors (Lipinski definition) is 4. The molecular formula is C25H25N3O. The highest BCUT2D eigenvalue weighted by molar-refractivity contribution is 5.79. The van der Waals surface area contributed by atoms with Crippen LogP contribution in [-0.2, 0) is 12.8 Å². The fraction of sp³-hybridized carbons (Fsp3) is 0.240. The minimum absolute atomic E-state index is 0.158. The molecule has 0 radical (unpaired) electrons. The van der Waals surface area contributed by atoms with E-state index in [-0.39, 0.29) is 6.10 Å². The Balaban J connectivity index is 1.42. The van der Waals surface area contributed by atoms with Crippen molar-refractivity contribution in [3.63, 3.8) is 0 Å². The largest absolute Gasteiger partial charge is 0.490 e. The van der Waals surface area contributed by atoms with Crippen molar-refractivity contribution in [3.05, 3.63) is 96.7 Å². The van der Waals surface area contributed by atoms with Crippen molar-refractivity contribution >= 4 is 10.9 Å². The standard InChI is InChI=1S/C25H25N3O/c1(4-20-12-16-26-17-13-20)7-23(9-8-21-5-2-14-27-19-21)29-24-10-11-25-22(18-24)6-3-15-28-25/h2-3,5-6,10-19,23H,1,4,7-9H2. The Morgan fingerprint density at radius 1 is 0.759 bits per heavy atom. The van der Waals surface area contributed by atoms with Gasteiger partial charge >= 0.3 is 0 Å². The van der Waals surface area contributed by atoms with Crippen LogP contribution in [0.15, 0.2) is 85.6 Å².